The van der Waals surface area contributed by atoms with Gasteiger partial charge in [-0.15, -0.1) is 0 Å². The van der Waals surface area contributed by atoms with E-state index in [2.05, 4.69) is 0 Å². The molecule has 0 saturated heterocycles. The Labute approximate surface area is 107 Å². The first-order chi connectivity index (χ1) is 8.65. The van der Waals surface area contributed by atoms with Gasteiger partial charge in [0.15, 0.2) is 6.10 Å². The van der Waals surface area contributed by atoms with E-state index in [1.807, 2.05) is 19.1 Å². The normalized spacial score (nSPS) is 12.3. The van der Waals surface area contributed by atoms with Crippen molar-refractivity contribution in [3.05, 3.63) is 48.0 Å². The van der Waals surface area contributed by atoms with Crippen LogP contribution >= 0.6 is 0 Å². The molecule has 1 aromatic carbocycles. The first-order valence-electron chi connectivity index (χ1n) is 6.08. The van der Waals surface area contributed by atoms with E-state index in [0.717, 1.165) is 12.8 Å². The van der Waals surface area contributed by atoms with Crippen molar-refractivity contribution in [2.45, 2.75) is 32.8 Å². The summed E-state index contributed by atoms with van der Waals surface area (Å²) in [6, 6.07) is 8.84. The lowest BCUT2D eigenvalue weighted by molar-refractivity contribution is -0.142. The number of ether oxygens (including phenoxy) is 1. The van der Waals surface area contributed by atoms with E-state index < -0.39 is 12.1 Å². The summed E-state index contributed by atoms with van der Waals surface area (Å²) in [7, 11) is 0. The lowest BCUT2D eigenvalue weighted by Gasteiger charge is -2.12. The van der Waals surface area contributed by atoms with Crippen LogP contribution in [-0.2, 0) is 9.53 Å². The Morgan fingerprint density at radius 3 is 2.50 bits per heavy atom. The zero-order valence-corrected chi connectivity index (χ0v) is 10.8. The maximum atomic E-state index is 12.1. The molecule has 1 atom stereocenters. The summed E-state index contributed by atoms with van der Waals surface area (Å²) in [5.41, 5.74) is 0.546. The van der Waals surface area contributed by atoms with Crippen LogP contribution in [0.15, 0.2) is 42.5 Å². The number of Topliss-reactive ketones (excluding diaryl/α,β-unsaturated/α-hetero) is 1. The van der Waals surface area contributed by atoms with Crippen molar-refractivity contribution in [3.63, 3.8) is 0 Å². The molecule has 0 spiro atoms. The fourth-order valence-electron chi connectivity index (χ4n) is 1.51. The van der Waals surface area contributed by atoms with E-state index in [9.17, 15) is 9.59 Å². The Hall–Kier alpha value is -1.90. The number of hydrogen-bond acceptors (Lipinski definition) is 3. The number of unbranched alkanes of at least 4 members (excludes halogenated alkanes) is 1. The molecule has 1 rings (SSSR count). The number of rotatable bonds is 6. The summed E-state index contributed by atoms with van der Waals surface area (Å²) in [6.45, 7) is 3.35. The fraction of sp³-hybridized carbons (Fsp3) is 0.333. The SMILES string of the molecule is CCC/C=C/C(OC(C)=O)C(=O)c1ccccc1. The van der Waals surface area contributed by atoms with Gasteiger partial charge >= 0.3 is 5.97 Å². The number of esters is 1. The highest BCUT2D eigenvalue weighted by Crippen LogP contribution is 2.09. The summed E-state index contributed by atoms with van der Waals surface area (Å²) in [6.07, 6.45) is 4.55. The van der Waals surface area contributed by atoms with Crippen LogP contribution in [0.25, 0.3) is 0 Å². The largest absolute Gasteiger partial charge is 0.450 e. The number of benzene rings is 1. The zero-order valence-electron chi connectivity index (χ0n) is 10.8. The van der Waals surface area contributed by atoms with Gasteiger partial charge in [0, 0.05) is 12.5 Å². The van der Waals surface area contributed by atoms with E-state index in [-0.39, 0.29) is 5.78 Å². The lowest BCUT2D eigenvalue weighted by Crippen LogP contribution is -2.24. The number of hydrogen-bond donors (Lipinski definition) is 0. The van der Waals surface area contributed by atoms with Crippen LogP contribution < -0.4 is 0 Å². The predicted octanol–water partition coefficient (Wildman–Crippen LogP) is 3.16. The molecule has 0 heterocycles. The summed E-state index contributed by atoms with van der Waals surface area (Å²) >= 11 is 0. The lowest BCUT2D eigenvalue weighted by atomic mass is 10.1. The van der Waals surface area contributed by atoms with Gasteiger partial charge in [0.05, 0.1) is 0 Å². The molecule has 18 heavy (non-hydrogen) atoms. The van der Waals surface area contributed by atoms with E-state index >= 15 is 0 Å². The van der Waals surface area contributed by atoms with E-state index in [0.29, 0.717) is 5.56 Å². The van der Waals surface area contributed by atoms with Crippen LogP contribution in [0.1, 0.15) is 37.0 Å². The van der Waals surface area contributed by atoms with Gasteiger partial charge in [-0.2, -0.15) is 0 Å². The second-order valence-corrected chi connectivity index (χ2v) is 3.98. The Bertz CT molecular complexity index is 421. The van der Waals surface area contributed by atoms with Gasteiger partial charge in [0.25, 0.3) is 0 Å². The molecule has 1 aromatic rings. The minimum Gasteiger partial charge on any atom is -0.450 e. The van der Waals surface area contributed by atoms with Gasteiger partial charge in [-0.1, -0.05) is 49.8 Å². The second-order valence-electron chi connectivity index (χ2n) is 3.98. The third-order valence-electron chi connectivity index (χ3n) is 2.38. The van der Waals surface area contributed by atoms with Crippen molar-refractivity contribution in [1.82, 2.24) is 0 Å². The molecule has 96 valence electrons. The highest BCUT2D eigenvalue weighted by atomic mass is 16.5. The molecule has 0 aliphatic heterocycles. The van der Waals surface area contributed by atoms with Crippen LogP contribution in [0.3, 0.4) is 0 Å². The third-order valence-corrected chi connectivity index (χ3v) is 2.38. The molecule has 0 saturated carbocycles. The van der Waals surface area contributed by atoms with E-state index in [1.54, 1.807) is 30.3 Å². The van der Waals surface area contributed by atoms with Gasteiger partial charge in [0.1, 0.15) is 0 Å². The highest BCUT2D eigenvalue weighted by molar-refractivity contribution is 6.01. The molecule has 3 nitrogen and oxygen atoms in total. The van der Waals surface area contributed by atoms with E-state index in [1.165, 1.54) is 6.92 Å². The minimum atomic E-state index is -0.823. The van der Waals surface area contributed by atoms with Gasteiger partial charge in [-0.05, 0) is 12.5 Å². The van der Waals surface area contributed by atoms with Gasteiger partial charge < -0.3 is 4.74 Å². The number of carbonyl (C=O) groups excluding carboxylic acids is 2. The first kappa shape index (κ1) is 14.2. The molecule has 1 unspecified atom stereocenters. The molecule has 0 radical (unpaired) electrons. The Morgan fingerprint density at radius 2 is 1.94 bits per heavy atom. The monoisotopic (exact) mass is 246 g/mol. The number of ketones is 1. The molecule has 0 N–H and O–H groups in total. The summed E-state index contributed by atoms with van der Waals surface area (Å²) in [5, 5.41) is 0. The molecular weight excluding hydrogens is 228 g/mol. The minimum absolute atomic E-state index is 0.196. The van der Waals surface area contributed by atoms with Crippen LogP contribution in [0.5, 0.6) is 0 Å². The summed E-state index contributed by atoms with van der Waals surface area (Å²) in [5.74, 6) is -0.649. The highest BCUT2D eigenvalue weighted by Gasteiger charge is 2.19. The van der Waals surface area contributed by atoms with Crippen molar-refractivity contribution in [2.75, 3.05) is 0 Å². The quantitative estimate of drug-likeness (QED) is 0.440. The molecular formula is C15H18O3. The average Bonchev–Trinajstić information content (AvgIpc) is 2.37. The molecule has 0 aliphatic rings. The van der Waals surface area contributed by atoms with Crippen LogP contribution in [0, 0.1) is 0 Å². The van der Waals surface area contributed by atoms with Crippen molar-refractivity contribution < 1.29 is 14.3 Å². The number of allylic oxidation sites excluding steroid dienone is 1. The Kier molecular flexibility index (Phi) is 5.85. The predicted molar refractivity (Wildman–Crippen MR) is 70.4 cm³/mol. The van der Waals surface area contributed by atoms with Crippen LogP contribution in [0.4, 0.5) is 0 Å². The first-order valence-corrected chi connectivity index (χ1v) is 6.08. The maximum Gasteiger partial charge on any atom is 0.303 e. The van der Waals surface area contributed by atoms with Crippen molar-refractivity contribution in [2.24, 2.45) is 0 Å². The van der Waals surface area contributed by atoms with Gasteiger partial charge in [-0.3, -0.25) is 9.59 Å². The Balaban J connectivity index is 2.82. The van der Waals surface area contributed by atoms with Gasteiger partial charge in [-0.25, -0.2) is 0 Å². The topological polar surface area (TPSA) is 43.4 Å². The van der Waals surface area contributed by atoms with Crippen LogP contribution in [-0.4, -0.2) is 17.9 Å². The summed E-state index contributed by atoms with van der Waals surface area (Å²) in [4.78, 5) is 23.2. The van der Waals surface area contributed by atoms with Crippen molar-refractivity contribution in [1.29, 1.82) is 0 Å². The molecule has 3 heteroatoms. The molecule has 0 aliphatic carbocycles. The summed E-state index contributed by atoms with van der Waals surface area (Å²) < 4.78 is 5.04. The second kappa shape index (κ2) is 7.43. The fourth-order valence-corrected chi connectivity index (χ4v) is 1.51. The van der Waals surface area contributed by atoms with E-state index in [4.69, 9.17) is 4.74 Å². The Morgan fingerprint density at radius 1 is 1.28 bits per heavy atom. The molecule has 0 bridgehead atoms. The standard InChI is InChI=1S/C15H18O3/c1-3-4-6-11-14(18-12(2)16)15(17)13-9-7-5-8-10-13/h5-11,14H,3-4H2,1-2H3/b11-6+. The van der Waals surface area contributed by atoms with Crippen LogP contribution in [0.2, 0.25) is 0 Å². The molecule has 0 amide bonds. The maximum absolute atomic E-state index is 12.1. The average molecular weight is 246 g/mol. The van der Waals surface area contributed by atoms with Crippen molar-refractivity contribution >= 4 is 11.8 Å². The number of carbonyl (C=O) groups is 2. The van der Waals surface area contributed by atoms with Crippen molar-refractivity contribution in [3.8, 4) is 0 Å². The zero-order chi connectivity index (χ0) is 13.4. The molecule has 0 aromatic heterocycles. The van der Waals surface area contributed by atoms with Gasteiger partial charge in [0.2, 0.25) is 5.78 Å². The smallest absolute Gasteiger partial charge is 0.303 e. The molecule has 0 fully saturated rings. The third kappa shape index (κ3) is 4.53.